The van der Waals surface area contributed by atoms with Crippen LogP contribution >= 0.6 is 22.6 Å². The molecule has 1 N–H and O–H groups in total. The highest BCUT2D eigenvalue weighted by Gasteiger charge is 2.34. The number of halogens is 1. The number of amides is 1. The minimum atomic E-state index is -0.0215. The second-order valence-corrected chi connectivity index (χ2v) is 7.33. The number of benzene rings is 2. The molecule has 1 heterocycles. The summed E-state index contributed by atoms with van der Waals surface area (Å²) in [5.74, 6) is 2.03. The van der Waals surface area contributed by atoms with Gasteiger partial charge >= 0.3 is 0 Å². The van der Waals surface area contributed by atoms with Crippen molar-refractivity contribution < 1.29 is 14.3 Å². The van der Waals surface area contributed by atoms with Crippen molar-refractivity contribution in [1.29, 1.82) is 0 Å². The lowest BCUT2D eigenvalue weighted by molar-refractivity contribution is 0.0930. The van der Waals surface area contributed by atoms with Crippen molar-refractivity contribution in [1.82, 2.24) is 5.32 Å². The molecule has 4 rings (SSSR count). The largest absolute Gasteiger partial charge is 0.486 e. The Hall–Kier alpha value is -1.76. The summed E-state index contributed by atoms with van der Waals surface area (Å²) in [5, 5.41) is 3.22. The van der Waals surface area contributed by atoms with Crippen molar-refractivity contribution in [3.8, 4) is 11.5 Å². The molecule has 1 aliphatic heterocycles. The molecule has 0 saturated heterocycles. The second kappa shape index (κ2) is 6.63. The van der Waals surface area contributed by atoms with Crippen molar-refractivity contribution in [3.05, 3.63) is 57.2 Å². The van der Waals surface area contributed by atoms with Gasteiger partial charge < -0.3 is 14.8 Å². The molecule has 2 aromatic carbocycles. The highest BCUT2D eigenvalue weighted by Crippen LogP contribution is 2.43. The molecule has 5 heteroatoms. The summed E-state index contributed by atoms with van der Waals surface area (Å²) in [5.41, 5.74) is 1.81. The number of ether oxygens (including phenoxy) is 2. The molecular formula is C19H18INO3. The molecule has 1 atom stereocenters. The van der Waals surface area contributed by atoms with Crippen LogP contribution in [-0.4, -0.2) is 19.1 Å². The van der Waals surface area contributed by atoms with Crippen LogP contribution in [-0.2, 0) is 0 Å². The van der Waals surface area contributed by atoms with Crippen molar-refractivity contribution in [2.24, 2.45) is 5.92 Å². The minimum Gasteiger partial charge on any atom is -0.486 e. The minimum absolute atomic E-state index is 0.0179. The van der Waals surface area contributed by atoms with Gasteiger partial charge in [0.2, 0.25) is 0 Å². The molecule has 24 heavy (non-hydrogen) atoms. The molecule has 0 spiro atoms. The number of carbonyl (C=O) groups is 1. The SMILES string of the molecule is O=C(NC(c1ccc2c(c1)OCCO2)C1CC1)c1ccccc1I. The van der Waals surface area contributed by atoms with Gasteiger partial charge in [-0.2, -0.15) is 0 Å². The fourth-order valence-electron chi connectivity index (χ4n) is 3.02. The summed E-state index contributed by atoms with van der Waals surface area (Å²) in [6.45, 7) is 1.15. The Bertz CT molecular complexity index is 773. The normalized spacial score (nSPS) is 17.2. The van der Waals surface area contributed by atoms with E-state index in [1.165, 1.54) is 0 Å². The van der Waals surface area contributed by atoms with Crippen molar-refractivity contribution in [2.75, 3.05) is 13.2 Å². The second-order valence-electron chi connectivity index (χ2n) is 6.17. The first kappa shape index (κ1) is 15.7. The molecule has 0 aromatic heterocycles. The summed E-state index contributed by atoms with van der Waals surface area (Å²) in [7, 11) is 0. The zero-order chi connectivity index (χ0) is 16.5. The van der Waals surface area contributed by atoms with Crippen LogP contribution in [0.3, 0.4) is 0 Å². The predicted molar refractivity (Wildman–Crippen MR) is 99.5 cm³/mol. The molecule has 124 valence electrons. The standard InChI is InChI=1S/C19H18INO3/c20-15-4-2-1-3-14(15)19(22)21-18(12-5-6-12)13-7-8-16-17(11-13)24-10-9-23-16/h1-4,7-8,11-12,18H,5-6,9-10H2,(H,21,22). The smallest absolute Gasteiger partial charge is 0.252 e. The fourth-order valence-corrected chi connectivity index (χ4v) is 3.65. The van der Waals surface area contributed by atoms with Crippen LogP contribution in [0.25, 0.3) is 0 Å². The molecule has 2 aromatic rings. The first-order valence-corrected chi connectivity index (χ1v) is 9.25. The third-order valence-corrected chi connectivity index (χ3v) is 5.36. The first-order valence-electron chi connectivity index (χ1n) is 8.17. The summed E-state index contributed by atoms with van der Waals surface area (Å²) in [6, 6.07) is 13.7. The van der Waals surface area contributed by atoms with E-state index in [-0.39, 0.29) is 11.9 Å². The maximum absolute atomic E-state index is 12.7. The van der Waals surface area contributed by atoms with Crippen LogP contribution in [0.5, 0.6) is 11.5 Å². The van der Waals surface area contributed by atoms with Gasteiger partial charge in [0, 0.05) is 3.57 Å². The van der Waals surface area contributed by atoms with Crippen LogP contribution in [0.2, 0.25) is 0 Å². The summed E-state index contributed by atoms with van der Waals surface area (Å²) in [6.07, 6.45) is 2.29. The third-order valence-electron chi connectivity index (χ3n) is 4.42. The number of carbonyl (C=O) groups excluding carboxylic acids is 1. The van der Waals surface area contributed by atoms with Crippen molar-refractivity contribution >= 4 is 28.5 Å². The van der Waals surface area contributed by atoms with E-state index in [0.717, 1.165) is 39.0 Å². The highest BCUT2D eigenvalue weighted by atomic mass is 127. The van der Waals surface area contributed by atoms with E-state index >= 15 is 0 Å². The van der Waals surface area contributed by atoms with E-state index in [0.29, 0.717) is 19.1 Å². The van der Waals surface area contributed by atoms with Gasteiger partial charge in [0.15, 0.2) is 11.5 Å². The Balaban J connectivity index is 1.59. The van der Waals surface area contributed by atoms with Crippen molar-refractivity contribution in [3.63, 3.8) is 0 Å². The van der Waals surface area contributed by atoms with Crippen LogP contribution in [0.15, 0.2) is 42.5 Å². The first-order chi connectivity index (χ1) is 11.7. The predicted octanol–water partition coefficient (Wildman–Crippen LogP) is 3.94. The monoisotopic (exact) mass is 435 g/mol. The Morgan fingerprint density at radius 2 is 1.83 bits per heavy atom. The zero-order valence-electron chi connectivity index (χ0n) is 13.1. The van der Waals surface area contributed by atoms with Gasteiger partial charge in [-0.15, -0.1) is 0 Å². The number of fused-ring (bicyclic) bond motifs is 1. The van der Waals surface area contributed by atoms with Gasteiger partial charge in [-0.3, -0.25) is 4.79 Å². The molecule has 1 saturated carbocycles. The molecule has 1 fully saturated rings. The zero-order valence-corrected chi connectivity index (χ0v) is 15.3. The third kappa shape index (κ3) is 3.22. The molecule has 2 aliphatic rings. The van der Waals surface area contributed by atoms with Crippen molar-refractivity contribution in [2.45, 2.75) is 18.9 Å². The van der Waals surface area contributed by atoms with E-state index in [9.17, 15) is 4.79 Å². The van der Waals surface area contributed by atoms with Gasteiger partial charge in [0.1, 0.15) is 13.2 Å². The topological polar surface area (TPSA) is 47.6 Å². The van der Waals surface area contributed by atoms with Gasteiger partial charge in [0.05, 0.1) is 11.6 Å². The van der Waals surface area contributed by atoms with Gasteiger partial charge in [-0.05, 0) is 71.2 Å². The molecule has 0 bridgehead atoms. The van der Waals surface area contributed by atoms with E-state index in [1.807, 2.05) is 42.5 Å². The number of nitrogens with one attached hydrogen (secondary N) is 1. The lowest BCUT2D eigenvalue weighted by Gasteiger charge is -2.23. The van der Waals surface area contributed by atoms with Crippen LogP contribution in [0.4, 0.5) is 0 Å². The van der Waals surface area contributed by atoms with E-state index in [2.05, 4.69) is 27.9 Å². The Morgan fingerprint density at radius 1 is 1.08 bits per heavy atom. The quantitative estimate of drug-likeness (QED) is 0.741. The summed E-state index contributed by atoms with van der Waals surface area (Å²) < 4.78 is 12.2. The maximum Gasteiger partial charge on any atom is 0.252 e. The molecule has 0 radical (unpaired) electrons. The Morgan fingerprint density at radius 3 is 2.58 bits per heavy atom. The molecule has 1 aliphatic carbocycles. The molecular weight excluding hydrogens is 417 g/mol. The summed E-state index contributed by atoms with van der Waals surface area (Å²) in [4.78, 5) is 12.7. The van der Waals surface area contributed by atoms with E-state index in [4.69, 9.17) is 9.47 Å². The number of hydrogen-bond donors (Lipinski definition) is 1. The van der Waals surface area contributed by atoms with Gasteiger partial charge in [-0.1, -0.05) is 18.2 Å². The average Bonchev–Trinajstić information content (AvgIpc) is 3.44. The molecule has 4 nitrogen and oxygen atoms in total. The van der Waals surface area contributed by atoms with E-state index < -0.39 is 0 Å². The van der Waals surface area contributed by atoms with E-state index in [1.54, 1.807) is 0 Å². The van der Waals surface area contributed by atoms with Gasteiger partial charge in [-0.25, -0.2) is 0 Å². The Labute approximate surface area is 154 Å². The fraction of sp³-hybridized carbons (Fsp3) is 0.316. The molecule has 1 unspecified atom stereocenters. The maximum atomic E-state index is 12.7. The number of hydrogen-bond acceptors (Lipinski definition) is 3. The Kier molecular flexibility index (Phi) is 4.35. The van der Waals surface area contributed by atoms with Gasteiger partial charge in [0.25, 0.3) is 5.91 Å². The van der Waals surface area contributed by atoms with Crippen LogP contribution in [0.1, 0.15) is 34.8 Å². The average molecular weight is 435 g/mol. The van der Waals surface area contributed by atoms with Crippen LogP contribution < -0.4 is 14.8 Å². The summed E-state index contributed by atoms with van der Waals surface area (Å²) >= 11 is 2.20. The lowest BCUT2D eigenvalue weighted by atomic mass is 10.0. The number of rotatable bonds is 4. The molecule has 1 amide bonds. The lowest BCUT2D eigenvalue weighted by Crippen LogP contribution is -2.30. The van der Waals surface area contributed by atoms with Crippen LogP contribution in [0, 0.1) is 9.49 Å². The highest BCUT2D eigenvalue weighted by molar-refractivity contribution is 14.1.